The number of hydrogen-bond acceptors (Lipinski definition) is 6. The van der Waals surface area contributed by atoms with E-state index in [1.807, 2.05) is 17.8 Å². The van der Waals surface area contributed by atoms with Crippen molar-refractivity contribution in [3.63, 3.8) is 0 Å². The molecule has 9 heteroatoms. The van der Waals surface area contributed by atoms with E-state index >= 15 is 0 Å². The topological polar surface area (TPSA) is 88.4 Å². The van der Waals surface area contributed by atoms with E-state index in [1.54, 1.807) is 35.5 Å². The molecule has 138 valence electrons. The molecule has 2 aromatic heterocycles. The summed E-state index contributed by atoms with van der Waals surface area (Å²) < 4.78 is 26.6. The van der Waals surface area contributed by atoms with Crippen LogP contribution in [-0.2, 0) is 23.4 Å². The number of fused-ring (bicyclic) bond motifs is 1. The number of amides is 1. The molecule has 0 saturated carbocycles. The van der Waals surface area contributed by atoms with E-state index in [4.69, 9.17) is 0 Å². The zero-order valence-electron chi connectivity index (χ0n) is 14.5. The number of imidazole rings is 1. The van der Waals surface area contributed by atoms with Gasteiger partial charge in [-0.25, -0.2) is 13.4 Å². The van der Waals surface area contributed by atoms with Crippen molar-refractivity contribution in [2.45, 2.75) is 18.6 Å². The molecule has 26 heavy (non-hydrogen) atoms. The Labute approximate surface area is 152 Å². The fourth-order valence-corrected chi connectivity index (χ4v) is 5.85. The van der Waals surface area contributed by atoms with Gasteiger partial charge in [0.2, 0.25) is 0 Å². The van der Waals surface area contributed by atoms with Gasteiger partial charge in [0.1, 0.15) is 11.5 Å². The van der Waals surface area contributed by atoms with E-state index in [9.17, 15) is 13.2 Å². The highest BCUT2D eigenvalue weighted by molar-refractivity contribution is 7.91. The van der Waals surface area contributed by atoms with Gasteiger partial charge in [-0.2, -0.15) is 0 Å². The summed E-state index contributed by atoms with van der Waals surface area (Å²) in [6.07, 6.45) is 5.19. The van der Waals surface area contributed by atoms with Crippen LogP contribution in [0, 0.1) is 0 Å². The maximum atomic E-state index is 12.9. The lowest BCUT2D eigenvalue weighted by Gasteiger charge is -2.43. The first-order valence-corrected chi connectivity index (χ1v) is 10.4. The Kier molecular flexibility index (Phi) is 4.28. The monoisotopic (exact) mass is 375 g/mol. The van der Waals surface area contributed by atoms with Crippen LogP contribution in [0.15, 0.2) is 36.8 Å². The molecule has 2 saturated heterocycles. The first-order valence-electron chi connectivity index (χ1n) is 8.57. The first-order chi connectivity index (χ1) is 12.4. The van der Waals surface area contributed by atoms with Crippen LogP contribution in [0.5, 0.6) is 0 Å². The van der Waals surface area contributed by atoms with Crippen LogP contribution < -0.4 is 0 Å². The lowest BCUT2D eigenvalue weighted by atomic mass is 10.0. The van der Waals surface area contributed by atoms with Gasteiger partial charge in [-0.3, -0.25) is 14.7 Å². The Balaban J connectivity index is 1.60. The number of carbonyl (C=O) groups is 1. The number of nitrogens with zero attached hydrogens (tertiary/aromatic N) is 5. The van der Waals surface area contributed by atoms with Crippen molar-refractivity contribution in [2.75, 3.05) is 24.6 Å². The third-order valence-corrected chi connectivity index (χ3v) is 6.90. The van der Waals surface area contributed by atoms with Crippen molar-refractivity contribution >= 4 is 15.7 Å². The Morgan fingerprint density at radius 3 is 2.65 bits per heavy atom. The second-order valence-electron chi connectivity index (χ2n) is 6.85. The number of hydrogen-bond donors (Lipinski definition) is 0. The van der Waals surface area contributed by atoms with Gasteiger partial charge in [-0.1, -0.05) is 6.07 Å². The Morgan fingerprint density at radius 1 is 1.15 bits per heavy atom. The predicted molar refractivity (Wildman–Crippen MR) is 95.1 cm³/mol. The van der Waals surface area contributed by atoms with Crippen LogP contribution in [0.2, 0.25) is 0 Å². The van der Waals surface area contributed by atoms with Crippen LogP contribution in [0.3, 0.4) is 0 Å². The molecule has 0 N–H and O–H groups in total. The summed E-state index contributed by atoms with van der Waals surface area (Å²) in [5, 5.41) is 0. The second kappa shape index (κ2) is 6.48. The van der Waals surface area contributed by atoms with Gasteiger partial charge in [0.15, 0.2) is 9.84 Å². The highest BCUT2D eigenvalue weighted by Gasteiger charge is 2.48. The zero-order valence-corrected chi connectivity index (χ0v) is 15.3. The van der Waals surface area contributed by atoms with E-state index in [0.29, 0.717) is 25.3 Å². The molecule has 0 aliphatic carbocycles. The summed E-state index contributed by atoms with van der Waals surface area (Å²) in [6, 6.07) is 4.63. The van der Waals surface area contributed by atoms with E-state index < -0.39 is 9.84 Å². The Hall–Kier alpha value is -2.26. The molecule has 2 fully saturated rings. The summed E-state index contributed by atoms with van der Waals surface area (Å²) in [6.45, 7) is 1.67. The number of piperazine rings is 1. The van der Waals surface area contributed by atoms with Crippen LogP contribution in [-0.4, -0.2) is 75.3 Å². The molecule has 2 aliphatic rings. The average molecular weight is 375 g/mol. The van der Waals surface area contributed by atoms with Gasteiger partial charge in [-0.15, -0.1) is 0 Å². The van der Waals surface area contributed by atoms with E-state index in [-0.39, 0.29) is 29.5 Å². The van der Waals surface area contributed by atoms with Gasteiger partial charge < -0.3 is 9.47 Å². The SMILES string of the molecule is Cn1ccnc1CN1CCN(C(=O)c2ccccn2)[C@@H]2CS(=O)(=O)C[C@@H]21. The third-order valence-electron chi connectivity index (χ3n) is 5.20. The summed E-state index contributed by atoms with van der Waals surface area (Å²) in [5.41, 5.74) is 0.355. The predicted octanol–water partition coefficient (Wildman–Crippen LogP) is -0.0613. The normalized spacial score (nSPS) is 25.2. The van der Waals surface area contributed by atoms with Crippen LogP contribution in [0.4, 0.5) is 0 Å². The average Bonchev–Trinajstić information content (AvgIpc) is 3.17. The maximum absolute atomic E-state index is 12.9. The molecule has 2 atom stereocenters. The van der Waals surface area contributed by atoms with Gasteiger partial charge in [0.05, 0.1) is 24.1 Å². The van der Waals surface area contributed by atoms with Gasteiger partial charge in [0, 0.05) is 44.8 Å². The molecule has 1 amide bonds. The number of pyridine rings is 1. The number of rotatable bonds is 3. The van der Waals surface area contributed by atoms with Crippen LogP contribution in [0.1, 0.15) is 16.3 Å². The van der Waals surface area contributed by atoms with Crippen LogP contribution >= 0.6 is 0 Å². The minimum absolute atomic E-state index is 0.00725. The highest BCUT2D eigenvalue weighted by Crippen LogP contribution is 2.29. The van der Waals surface area contributed by atoms with E-state index in [1.165, 1.54) is 0 Å². The molecule has 0 spiro atoms. The molecular weight excluding hydrogens is 354 g/mol. The van der Waals surface area contributed by atoms with E-state index in [2.05, 4.69) is 14.9 Å². The molecule has 4 heterocycles. The number of aromatic nitrogens is 3. The number of carbonyl (C=O) groups excluding carboxylic acids is 1. The fraction of sp³-hybridized carbons (Fsp3) is 0.471. The maximum Gasteiger partial charge on any atom is 0.272 e. The zero-order chi connectivity index (χ0) is 18.3. The first kappa shape index (κ1) is 17.2. The fourth-order valence-electron chi connectivity index (χ4n) is 3.84. The van der Waals surface area contributed by atoms with Crippen molar-refractivity contribution in [3.05, 3.63) is 48.3 Å². The molecule has 2 aliphatic heterocycles. The van der Waals surface area contributed by atoms with Crippen molar-refractivity contribution in [1.29, 1.82) is 0 Å². The minimum Gasteiger partial charge on any atom is -0.337 e. The van der Waals surface area contributed by atoms with Gasteiger partial charge in [0.25, 0.3) is 5.91 Å². The summed E-state index contributed by atoms with van der Waals surface area (Å²) >= 11 is 0. The van der Waals surface area contributed by atoms with Crippen LogP contribution in [0.25, 0.3) is 0 Å². The highest BCUT2D eigenvalue weighted by atomic mass is 32.2. The second-order valence-corrected chi connectivity index (χ2v) is 9.00. The van der Waals surface area contributed by atoms with Crippen molar-refractivity contribution in [2.24, 2.45) is 7.05 Å². The molecule has 8 nitrogen and oxygen atoms in total. The van der Waals surface area contributed by atoms with E-state index in [0.717, 1.165) is 5.82 Å². The molecule has 0 radical (unpaired) electrons. The molecule has 0 aromatic carbocycles. The van der Waals surface area contributed by atoms with Crippen molar-refractivity contribution in [1.82, 2.24) is 24.3 Å². The van der Waals surface area contributed by atoms with Crippen molar-refractivity contribution in [3.8, 4) is 0 Å². The molecular formula is C17H21N5O3S. The van der Waals surface area contributed by atoms with Crippen molar-refractivity contribution < 1.29 is 13.2 Å². The lowest BCUT2D eigenvalue weighted by Crippen LogP contribution is -2.60. The third kappa shape index (κ3) is 3.12. The quantitative estimate of drug-likeness (QED) is 0.747. The van der Waals surface area contributed by atoms with Gasteiger partial charge >= 0.3 is 0 Å². The number of sulfone groups is 1. The smallest absolute Gasteiger partial charge is 0.272 e. The summed E-state index contributed by atoms with van der Waals surface area (Å²) in [4.78, 5) is 25.2. The summed E-state index contributed by atoms with van der Waals surface area (Å²) in [7, 11) is -1.26. The Morgan fingerprint density at radius 2 is 1.96 bits per heavy atom. The minimum atomic E-state index is -3.18. The molecule has 2 aromatic rings. The lowest BCUT2D eigenvalue weighted by molar-refractivity contribution is 0.0291. The standard InChI is InChI=1S/C17H21N5O3S/c1-20-7-6-19-16(20)10-21-8-9-22(15-12-26(24,25)11-14(15)21)17(23)13-4-2-3-5-18-13/h2-7,14-15H,8-12H2,1H3/t14-,15+/m0/s1. The number of aryl methyl sites for hydroxylation is 1. The molecule has 0 unspecified atom stereocenters. The largest absolute Gasteiger partial charge is 0.337 e. The molecule has 0 bridgehead atoms. The summed E-state index contributed by atoms with van der Waals surface area (Å²) in [5.74, 6) is 0.772. The molecule has 4 rings (SSSR count). The van der Waals surface area contributed by atoms with Gasteiger partial charge in [-0.05, 0) is 12.1 Å². The Bertz CT molecular complexity index is 911.